The predicted molar refractivity (Wildman–Crippen MR) is 115 cm³/mol. The maximum atomic E-state index is 11.8. The molecular weight excluding hydrogens is 400 g/mol. The lowest BCUT2D eigenvalue weighted by molar-refractivity contribution is 0.0697. The van der Waals surface area contributed by atoms with Gasteiger partial charge in [0.2, 0.25) is 0 Å². The summed E-state index contributed by atoms with van der Waals surface area (Å²) < 4.78 is 1.46. The number of hydrogen-bond donors (Lipinski definition) is 1. The van der Waals surface area contributed by atoms with Gasteiger partial charge in [0.05, 0.1) is 5.02 Å². The fourth-order valence-electron chi connectivity index (χ4n) is 3.23. The number of nitrogens with zero attached hydrogens (tertiary/aromatic N) is 4. The van der Waals surface area contributed by atoms with Gasteiger partial charge in [-0.05, 0) is 24.5 Å². The molecule has 0 aliphatic heterocycles. The Hall–Kier alpha value is -3.51. The van der Waals surface area contributed by atoms with Gasteiger partial charge in [-0.1, -0.05) is 60.1 Å². The molecule has 0 aliphatic carbocycles. The van der Waals surface area contributed by atoms with Crippen molar-refractivity contribution in [2.75, 3.05) is 0 Å². The van der Waals surface area contributed by atoms with E-state index in [9.17, 15) is 9.90 Å². The van der Waals surface area contributed by atoms with Crippen molar-refractivity contribution in [3.05, 3.63) is 95.0 Å². The van der Waals surface area contributed by atoms with Crippen LogP contribution in [0.5, 0.6) is 0 Å². The first-order chi connectivity index (χ1) is 14.6. The number of hydrogen-bond acceptors (Lipinski definition) is 4. The zero-order valence-electron chi connectivity index (χ0n) is 16.1. The van der Waals surface area contributed by atoms with Gasteiger partial charge in [-0.25, -0.2) is 19.4 Å². The van der Waals surface area contributed by atoms with Crippen LogP contribution in [0.3, 0.4) is 0 Å². The molecule has 4 aromatic rings. The van der Waals surface area contributed by atoms with Crippen molar-refractivity contribution in [1.29, 1.82) is 0 Å². The van der Waals surface area contributed by atoms with Crippen LogP contribution in [-0.4, -0.2) is 30.8 Å². The van der Waals surface area contributed by atoms with Crippen molar-refractivity contribution in [1.82, 2.24) is 19.7 Å². The van der Waals surface area contributed by atoms with Crippen molar-refractivity contribution in [3.8, 4) is 17.1 Å². The van der Waals surface area contributed by atoms with Crippen molar-refractivity contribution < 1.29 is 9.90 Å². The Bertz CT molecular complexity index is 1170. The number of carboxylic acid groups (broad SMARTS) is 1. The van der Waals surface area contributed by atoms with E-state index in [1.54, 1.807) is 36.5 Å². The van der Waals surface area contributed by atoms with Gasteiger partial charge in [0.25, 0.3) is 0 Å². The van der Waals surface area contributed by atoms with E-state index in [-0.39, 0.29) is 5.56 Å². The lowest BCUT2D eigenvalue weighted by Crippen LogP contribution is -2.04. The molecule has 1 N–H and O–H groups in total. The number of carboxylic acids is 1. The number of aromatic carboxylic acids is 1. The lowest BCUT2D eigenvalue weighted by atomic mass is 10.1. The molecule has 6 nitrogen and oxygen atoms in total. The monoisotopic (exact) mass is 418 g/mol. The molecule has 2 heterocycles. The quantitative estimate of drug-likeness (QED) is 0.463. The highest BCUT2D eigenvalue weighted by Crippen LogP contribution is 2.29. The SMILES string of the molecule is O=C(O)c1cn(-c2ccnc(CCCc3ccccc3)n2)nc1-c1ccccc1Cl. The van der Waals surface area contributed by atoms with E-state index in [1.807, 2.05) is 18.2 Å². The minimum Gasteiger partial charge on any atom is -0.478 e. The molecule has 4 rings (SSSR count). The van der Waals surface area contributed by atoms with Gasteiger partial charge in [0, 0.05) is 30.4 Å². The Morgan fingerprint density at radius 2 is 1.77 bits per heavy atom. The highest BCUT2D eigenvalue weighted by molar-refractivity contribution is 6.33. The van der Waals surface area contributed by atoms with Crippen molar-refractivity contribution in [3.63, 3.8) is 0 Å². The molecule has 0 bridgehead atoms. The molecule has 30 heavy (non-hydrogen) atoms. The van der Waals surface area contributed by atoms with Gasteiger partial charge < -0.3 is 5.11 Å². The average molecular weight is 419 g/mol. The standard InChI is InChI=1S/C23H19ClN4O2/c24-19-11-5-4-10-17(19)22-18(23(29)30)15-28(27-22)21-13-14-25-20(26-21)12-6-9-16-7-2-1-3-8-16/h1-5,7-8,10-11,13-15H,6,9,12H2,(H,29,30). The van der Waals surface area contributed by atoms with Crippen LogP contribution in [0.25, 0.3) is 17.1 Å². The van der Waals surface area contributed by atoms with Crippen LogP contribution in [0, 0.1) is 0 Å². The van der Waals surface area contributed by atoms with Crippen LogP contribution in [0.15, 0.2) is 73.1 Å². The Balaban J connectivity index is 1.58. The molecule has 2 aromatic heterocycles. The Kier molecular flexibility index (Phi) is 5.86. The van der Waals surface area contributed by atoms with Crippen molar-refractivity contribution >= 4 is 17.6 Å². The van der Waals surface area contributed by atoms with Crippen LogP contribution < -0.4 is 0 Å². The molecule has 0 saturated carbocycles. The maximum Gasteiger partial charge on any atom is 0.339 e. The molecular formula is C23H19ClN4O2. The van der Waals surface area contributed by atoms with Gasteiger partial charge >= 0.3 is 5.97 Å². The summed E-state index contributed by atoms with van der Waals surface area (Å²) in [7, 11) is 0. The first kappa shape index (κ1) is 19.8. The zero-order valence-corrected chi connectivity index (χ0v) is 16.8. The van der Waals surface area contributed by atoms with E-state index in [0.717, 1.165) is 12.8 Å². The van der Waals surface area contributed by atoms with Crippen molar-refractivity contribution in [2.24, 2.45) is 0 Å². The second kappa shape index (κ2) is 8.88. The van der Waals surface area contributed by atoms with Crippen LogP contribution in [0.4, 0.5) is 0 Å². The number of aromatic nitrogens is 4. The third kappa shape index (κ3) is 4.39. The molecule has 150 valence electrons. The normalized spacial score (nSPS) is 10.8. The van der Waals surface area contributed by atoms with Gasteiger partial charge in [0.15, 0.2) is 5.82 Å². The minimum atomic E-state index is -1.08. The van der Waals surface area contributed by atoms with E-state index >= 15 is 0 Å². The molecule has 0 aliphatic rings. The van der Waals surface area contributed by atoms with Crippen LogP contribution >= 0.6 is 11.6 Å². The number of carbonyl (C=O) groups is 1. The molecule has 0 fully saturated rings. The number of rotatable bonds is 7. The molecule has 0 amide bonds. The van der Waals surface area contributed by atoms with Gasteiger partial charge in [-0.2, -0.15) is 5.10 Å². The van der Waals surface area contributed by atoms with E-state index in [4.69, 9.17) is 11.6 Å². The van der Waals surface area contributed by atoms with E-state index in [2.05, 4.69) is 27.2 Å². The van der Waals surface area contributed by atoms with Crippen molar-refractivity contribution in [2.45, 2.75) is 19.3 Å². The summed E-state index contributed by atoms with van der Waals surface area (Å²) >= 11 is 6.26. The summed E-state index contributed by atoms with van der Waals surface area (Å²) in [5, 5.41) is 14.5. The molecule has 0 spiro atoms. The second-order valence-corrected chi connectivity index (χ2v) is 7.20. The summed E-state index contributed by atoms with van der Waals surface area (Å²) in [5.74, 6) is 0.129. The van der Waals surface area contributed by atoms with E-state index in [1.165, 1.54) is 16.4 Å². The fraction of sp³-hybridized carbons (Fsp3) is 0.130. The summed E-state index contributed by atoms with van der Waals surface area (Å²) in [4.78, 5) is 20.7. The van der Waals surface area contributed by atoms with Gasteiger partial charge in [-0.15, -0.1) is 0 Å². The number of halogens is 1. The average Bonchev–Trinajstić information content (AvgIpc) is 3.21. The second-order valence-electron chi connectivity index (χ2n) is 6.79. The summed E-state index contributed by atoms with van der Waals surface area (Å²) in [6.07, 6.45) is 5.69. The fourth-order valence-corrected chi connectivity index (χ4v) is 3.46. The first-order valence-corrected chi connectivity index (χ1v) is 9.93. The van der Waals surface area contributed by atoms with Crippen LogP contribution in [0.2, 0.25) is 5.02 Å². The highest BCUT2D eigenvalue weighted by atomic mass is 35.5. The van der Waals surface area contributed by atoms with Gasteiger partial charge in [0.1, 0.15) is 17.1 Å². The molecule has 0 saturated heterocycles. The smallest absolute Gasteiger partial charge is 0.339 e. The third-order valence-corrected chi connectivity index (χ3v) is 5.04. The maximum absolute atomic E-state index is 11.8. The summed E-state index contributed by atoms with van der Waals surface area (Å²) in [6.45, 7) is 0. The summed E-state index contributed by atoms with van der Waals surface area (Å²) in [6, 6.07) is 19.0. The molecule has 0 radical (unpaired) electrons. The van der Waals surface area contributed by atoms with Gasteiger partial charge in [-0.3, -0.25) is 0 Å². The summed E-state index contributed by atoms with van der Waals surface area (Å²) in [5.41, 5.74) is 2.20. The highest BCUT2D eigenvalue weighted by Gasteiger charge is 2.20. The third-order valence-electron chi connectivity index (χ3n) is 4.71. The Morgan fingerprint density at radius 1 is 1.00 bits per heavy atom. The molecule has 0 unspecified atom stereocenters. The Morgan fingerprint density at radius 3 is 2.53 bits per heavy atom. The van der Waals surface area contributed by atoms with Crippen LogP contribution in [0.1, 0.15) is 28.2 Å². The van der Waals surface area contributed by atoms with E-state index in [0.29, 0.717) is 34.3 Å². The predicted octanol–water partition coefficient (Wildman–Crippen LogP) is 4.86. The lowest BCUT2D eigenvalue weighted by Gasteiger charge is -2.05. The molecule has 2 aromatic carbocycles. The molecule has 0 atom stereocenters. The zero-order chi connectivity index (χ0) is 20.9. The molecule has 7 heteroatoms. The first-order valence-electron chi connectivity index (χ1n) is 9.56. The van der Waals surface area contributed by atoms with Crippen LogP contribution in [-0.2, 0) is 12.8 Å². The largest absolute Gasteiger partial charge is 0.478 e. The number of benzene rings is 2. The minimum absolute atomic E-state index is 0.0624. The van der Waals surface area contributed by atoms with E-state index < -0.39 is 5.97 Å². The Labute approximate surface area is 178 Å². The topological polar surface area (TPSA) is 80.9 Å². The number of aryl methyl sites for hydroxylation is 2.